The molecule has 4 heteroatoms. The Morgan fingerprint density at radius 3 is 2.54 bits per heavy atom. The summed E-state index contributed by atoms with van der Waals surface area (Å²) < 4.78 is 7.13. The van der Waals surface area contributed by atoms with E-state index in [2.05, 4.69) is 64.6 Å². The van der Waals surface area contributed by atoms with Crippen LogP contribution < -0.4 is 10.1 Å². The fourth-order valence-corrected chi connectivity index (χ4v) is 3.65. The highest BCUT2D eigenvalue weighted by Gasteiger charge is 2.08. The van der Waals surface area contributed by atoms with Crippen molar-refractivity contribution in [2.24, 2.45) is 0 Å². The molecule has 0 saturated carbocycles. The molecule has 0 amide bonds. The Bertz CT molecular complexity index is 885. The van der Waals surface area contributed by atoms with Crippen LogP contribution in [0.2, 0.25) is 5.02 Å². The van der Waals surface area contributed by atoms with Crippen LogP contribution in [0.5, 0.6) is 5.75 Å². The van der Waals surface area contributed by atoms with E-state index in [1.165, 1.54) is 5.56 Å². The molecule has 0 aliphatic carbocycles. The summed E-state index contributed by atoms with van der Waals surface area (Å²) in [5.41, 5.74) is 3.58. The van der Waals surface area contributed by atoms with Gasteiger partial charge in [-0.2, -0.15) is 0 Å². The molecule has 1 atom stereocenters. The number of halogens is 2. The first-order chi connectivity index (χ1) is 13.6. The molecule has 0 spiro atoms. The molecule has 28 heavy (non-hydrogen) atoms. The molecular formula is C24H25BrClNO. The summed E-state index contributed by atoms with van der Waals surface area (Å²) in [7, 11) is 0. The van der Waals surface area contributed by atoms with Gasteiger partial charge in [-0.25, -0.2) is 0 Å². The van der Waals surface area contributed by atoms with Gasteiger partial charge >= 0.3 is 0 Å². The molecule has 0 bridgehead atoms. The molecule has 0 aliphatic heterocycles. The van der Waals surface area contributed by atoms with E-state index < -0.39 is 0 Å². The summed E-state index contributed by atoms with van der Waals surface area (Å²) in [5.74, 6) is 0.894. The smallest absolute Gasteiger partial charge is 0.124 e. The van der Waals surface area contributed by atoms with Crippen molar-refractivity contribution in [1.82, 2.24) is 5.32 Å². The maximum atomic E-state index is 6.08. The monoisotopic (exact) mass is 457 g/mol. The van der Waals surface area contributed by atoms with Gasteiger partial charge in [0.05, 0.1) is 0 Å². The lowest BCUT2D eigenvalue weighted by atomic mass is 10.1. The minimum atomic E-state index is 0.417. The highest BCUT2D eigenvalue weighted by atomic mass is 79.9. The number of nitrogens with one attached hydrogen (secondary N) is 1. The lowest BCUT2D eigenvalue weighted by Crippen LogP contribution is -2.26. The van der Waals surface area contributed by atoms with Crippen LogP contribution in [0.1, 0.15) is 30.0 Å². The quantitative estimate of drug-likeness (QED) is 0.381. The van der Waals surface area contributed by atoms with Crippen LogP contribution in [0.3, 0.4) is 0 Å². The molecule has 1 unspecified atom stereocenters. The SMILES string of the molecule is CC(CCc1ccccc1)NCc1cc(Br)ccc1OCc1cccc(Cl)c1. The van der Waals surface area contributed by atoms with Gasteiger partial charge in [0.25, 0.3) is 0 Å². The summed E-state index contributed by atoms with van der Waals surface area (Å²) >= 11 is 9.63. The van der Waals surface area contributed by atoms with Crippen LogP contribution >= 0.6 is 27.5 Å². The number of hydrogen-bond acceptors (Lipinski definition) is 2. The van der Waals surface area contributed by atoms with Gasteiger partial charge in [0.15, 0.2) is 0 Å². The molecule has 0 radical (unpaired) electrons. The highest BCUT2D eigenvalue weighted by molar-refractivity contribution is 9.10. The van der Waals surface area contributed by atoms with Gasteiger partial charge in [0.2, 0.25) is 0 Å². The zero-order chi connectivity index (χ0) is 19.8. The van der Waals surface area contributed by atoms with Crippen LogP contribution in [-0.2, 0) is 19.6 Å². The predicted molar refractivity (Wildman–Crippen MR) is 121 cm³/mol. The molecule has 3 rings (SSSR count). The van der Waals surface area contributed by atoms with E-state index in [1.54, 1.807) is 0 Å². The van der Waals surface area contributed by atoms with Crippen molar-refractivity contribution >= 4 is 27.5 Å². The van der Waals surface area contributed by atoms with Crippen LogP contribution in [-0.4, -0.2) is 6.04 Å². The summed E-state index contributed by atoms with van der Waals surface area (Å²) in [6.07, 6.45) is 2.17. The first kappa shape index (κ1) is 20.9. The van der Waals surface area contributed by atoms with Crippen molar-refractivity contribution in [3.8, 4) is 5.75 Å². The van der Waals surface area contributed by atoms with Crippen molar-refractivity contribution < 1.29 is 4.74 Å². The molecule has 3 aromatic rings. The van der Waals surface area contributed by atoms with Crippen LogP contribution in [0.25, 0.3) is 0 Å². The van der Waals surface area contributed by atoms with Gasteiger partial charge in [-0.15, -0.1) is 0 Å². The number of rotatable bonds is 9. The number of ether oxygens (including phenoxy) is 1. The topological polar surface area (TPSA) is 21.3 Å². The van der Waals surface area contributed by atoms with Gasteiger partial charge in [-0.3, -0.25) is 0 Å². The van der Waals surface area contributed by atoms with E-state index >= 15 is 0 Å². The third-order valence-electron chi connectivity index (χ3n) is 4.66. The van der Waals surface area contributed by atoms with Gasteiger partial charge < -0.3 is 10.1 Å². The molecule has 0 fully saturated rings. The van der Waals surface area contributed by atoms with Gasteiger partial charge in [0, 0.05) is 27.6 Å². The first-order valence-electron chi connectivity index (χ1n) is 9.53. The maximum absolute atomic E-state index is 6.08. The Hall–Kier alpha value is -1.81. The van der Waals surface area contributed by atoms with Crippen molar-refractivity contribution in [2.45, 2.75) is 39.0 Å². The second-order valence-electron chi connectivity index (χ2n) is 6.98. The van der Waals surface area contributed by atoms with Crippen molar-refractivity contribution in [2.75, 3.05) is 0 Å². The van der Waals surface area contributed by atoms with E-state index in [0.717, 1.165) is 45.8 Å². The summed E-state index contributed by atoms with van der Waals surface area (Å²) in [6, 6.07) is 24.9. The predicted octanol–water partition coefficient (Wildman–Crippen LogP) is 6.79. The molecule has 0 heterocycles. The Morgan fingerprint density at radius 1 is 0.964 bits per heavy atom. The second kappa shape index (κ2) is 10.7. The van der Waals surface area contributed by atoms with Gasteiger partial charge in [0.1, 0.15) is 12.4 Å². The fraction of sp³-hybridized carbons (Fsp3) is 0.250. The number of aryl methyl sites for hydroxylation is 1. The van der Waals surface area contributed by atoms with E-state index in [-0.39, 0.29) is 0 Å². The second-order valence-corrected chi connectivity index (χ2v) is 8.33. The van der Waals surface area contributed by atoms with E-state index in [0.29, 0.717) is 12.6 Å². The van der Waals surface area contributed by atoms with Crippen molar-refractivity contribution in [3.05, 3.63) is 99.0 Å². The van der Waals surface area contributed by atoms with Crippen molar-refractivity contribution in [3.63, 3.8) is 0 Å². The van der Waals surface area contributed by atoms with Crippen LogP contribution in [0.15, 0.2) is 77.3 Å². The van der Waals surface area contributed by atoms with E-state index in [9.17, 15) is 0 Å². The van der Waals surface area contributed by atoms with Crippen LogP contribution in [0, 0.1) is 0 Å². The summed E-state index contributed by atoms with van der Waals surface area (Å²) in [4.78, 5) is 0. The maximum Gasteiger partial charge on any atom is 0.124 e. The summed E-state index contributed by atoms with van der Waals surface area (Å²) in [5, 5.41) is 4.35. The molecule has 3 aromatic carbocycles. The van der Waals surface area contributed by atoms with Gasteiger partial charge in [-0.05, 0) is 61.2 Å². The number of hydrogen-bond donors (Lipinski definition) is 1. The fourth-order valence-electron chi connectivity index (χ4n) is 3.03. The minimum Gasteiger partial charge on any atom is -0.489 e. The average Bonchev–Trinajstić information content (AvgIpc) is 2.71. The molecule has 1 N–H and O–H groups in total. The standard InChI is InChI=1S/C24H25BrClNO/c1-18(10-11-19-6-3-2-4-7-19)27-16-21-15-22(25)12-13-24(21)28-17-20-8-5-9-23(26)14-20/h2-9,12-15,18,27H,10-11,16-17H2,1H3. The molecule has 0 saturated heterocycles. The van der Waals surface area contributed by atoms with Crippen molar-refractivity contribution in [1.29, 1.82) is 0 Å². The largest absolute Gasteiger partial charge is 0.489 e. The zero-order valence-corrected chi connectivity index (χ0v) is 18.3. The molecule has 146 valence electrons. The molecular weight excluding hydrogens is 434 g/mol. The third kappa shape index (κ3) is 6.66. The lowest BCUT2D eigenvalue weighted by molar-refractivity contribution is 0.301. The Kier molecular flexibility index (Phi) is 7.96. The number of benzene rings is 3. The van der Waals surface area contributed by atoms with Crippen LogP contribution in [0.4, 0.5) is 0 Å². The third-order valence-corrected chi connectivity index (χ3v) is 5.38. The normalized spacial score (nSPS) is 12.0. The first-order valence-corrected chi connectivity index (χ1v) is 10.7. The minimum absolute atomic E-state index is 0.417. The van der Waals surface area contributed by atoms with Gasteiger partial charge in [-0.1, -0.05) is 70.0 Å². The van der Waals surface area contributed by atoms with E-state index in [4.69, 9.17) is 16.3 Å². The molecule has 0 aromatic heterocycles. The lowest BCUT2D eigenvalue weighted by Gasteiger charge is -2.17. The molecule has 0 aliphatic rings. The Labute approximate surface area is 181 Å². The Balaban J connectivity index is 1.56. The highest BCUT2D eigenvalue weighted by Crippen LogP contribution is 2.25. The molecule has 2 nitrogen and oxygen atoms in total. The van der Waals surface area contributed by atoms with E-state index in [1.807, 2.05) is 36.4 Å². The summed E-state index contributed by atoms with van der Waals surface area (Å²) in [6.45, 7) is 3.49. The average molecular weight is 459 g/mol. The zero-order valence-electron chi connectivity index (χ0n) is 16.0. The Morgan fingerprint density at radius 2 is 1.75 bits per heavy atom.